The molecule has 0 aromatic heterocycles. The van der Waals surface area contributed by atoms with Gasteiger partial charge in [0, 0.05) is 89.7 Å². The molecule has 0 spiro atoms. The summed E-state index contributed by atoms with van der Waals surface area (Å²) < 4.78 is 66.4. The van der Waals surface area contributed by atoms with Gasteiger partial charge in [0.15, 0.2) is 28.9 Å². The smallest absolute Gasteiger partial charge is 0.321 e. The average Bonchev–Trinajstić information content (AvgIpc) is 1.53. The number of methoxy groups -OCH3 is 5. The van der Waals surface area contributed by atoms with E-state index >= 15 is 0 Å². The third-order valence-electron chi connectivity index (χ3n) is 43.8. The lowest BCUT2D eigenvalue weighted by Crippen LogP contribution is -2.69. The molecule has 9 N–H and O–H groups in total. The van der Waals surface area contributed by atoms with Gasteiger partial charge in [0.1, 0.15) is 118 Å². The first-order valence-corrected chi connectivity index (χ1v) is 54.7. The second-order valence-electron chi connectivity index (χ2n) is 47.0. The minimum absolute atomic E-state index is 0.0312. The van der Waals surface area contributed by atoms with Crippen LogP contribution < -0.4 is 0 Å². The number of alkyl halides is 5. The minimum Gasteiger partial charge on any atom is -0.461 e. The molecular weight excluding hydrogens is 1990 g/mol. The predicted octanol–water partition coefficient (Wildman–Crippen LogP) is 16.7. The molecule has 147 heavy (non-hydrogen) atoms. The highest BCUT2D eigenvalue weighted by molar-refractivity contribution is 6.28. The molecule has 27 nitrogen and oxygen atoms in total. The Morgan fingerprint density at radius 3 is 0.537 bits per heavy atom. The maximum atomic E-state index is 13.6. The number of allylic oxidation sites excluding steroid dienone is 10. The molecule has 15 aliphatic carbocycles. The normalized spacial score (nSPS) is 46.0. The average molecular weight is 2160 g/mol. The number of esters is 5. The number of hydrogen-bond donors (Lipinski definition) is 5. The largest absolute Gasteiger partial charge is 0.461 e. The van der Waals surface area contributed by atoms with Crippen LogP contribution in [0.2, 0.25) is 0 Å². The molecule has 0 radical (unpaired) electrons. The summed E-state index contributed by atoms with van der Waals surface area (Å²) in [6.45, 7) is 70.4. The summed E-state index contributed by atoms with van der Waals surface area (Å²) in [6, 6.07) is 0. The summed E-state index contributed by atoms with van der Waals surface area (Å²) in [7, 11) is 7.57. The zero-order chi connectivity index (χ0) is 113. The van der Waals surface area contributed by atoms with Gasteiger partial charge in [0.2, 0.25) is 2.86 Å². The highest BCUT2D eigenvalue weighted by Gasteiger charge is 2.85. The fourth-order valence-corrected chi connectivity index (χ4v) is 34.3. The maximum Gasteiger partial charge on any atom is 0.321 e. The Kier molecular flexibility index (Phi) is 37.5. The van der Waals surface area contributed by atoms with Crippen LogP contribution in [0.15, 0.2) is 124 Å². The monoisotopic (exact) mass is 2160 g/mol. The highest BCUT2D eigenvalue weighted by atomic mass is 35.5. The van der Waals surface area contributed by atoms with Crippen molar-refractivity contribution in [3.63, 3.8) is 0 Å². The van der Waals surface area contributed by atoms with Crippen LogP contribution in [0.1, 0.15) is 235 Å². The standard InChI is InChI=1S/5C23H33ClO5.2H2O/c5*1-7-13(2)16-10-18(29-19(25)12-24)21(5)14(3)8-9-22(15(16)4)11-17(28-6)20(26)23(21,22)27;;/h5*7,14-18,27H,1-2,8-12H2,3-6H3;2*1H2/t5*14-,15+,16+,17+,18-,21+,22+,23-;;/m11111../s1/i/hD2. The van der Waals surface area contributed by atoms with Crippen LogP contribution in [-0.2, 0) is 95.3 Å². The number of halogens is 5. The molecule has 40 atom stereocenters. The van der Waals surface area contributed by atoms with E-state index in [0.29, 0.717) is 96.3 Å². The van der Waals surface area contributed by atoms with Gasteiger partial charge in [0.25, 0.3) is 0 Å². The molecule has 0 aromatic carbocycles. The molecule has 0 aliphatic heterocycles. The Morgan fingerprint density at radius 2 is 0.429 bits per heavy atom. The van der Waals surface area contributed by atoms with Gasteiger partial charge in [-0.3, -0.25) is 47.9 Å². The van der Waals surface area contributed by atoms with Crippen molar-refractivity contribution in [2.45, 2.75) is 321 Å². The Hall–Kier alpha value is -5.93. The molecule has 15 aliphatic rings. The van der Waals surface area contributed by atoms with E-state index in [2.05, 4.69) is 100 Å². The first-order chi connectivity index (χ1) is 69.7. The minimum atomic E-state index is -1.66. The second kappa shape index (κ2) is 45.5. The Bertz CT molecular complexity index is 4400. The van der Waals surface area contributed by atoms with Gasteiger partial charge in [-0.1, -0.05) is 228 Å². The van der Waals surface area contributed by atoms with E-state index in [1.165, 1.54) is 35.5 Å². The van der Waals surface area contributed by atoms with Crippen molar-refractivity contribution in [2.75, 3.05) is 64.9 Å². The molecule has 0 unspecified atom stereocenters. The van der Waals surface area contributed by atoms with Crippen molar-refractivity contribution >= 4 is 117 Å². The van der Waals surface area contributed by atoms with Crippen LogP contribution >= 0.6 is 58.0 Å². The van der Waals surface area contributed by atoms with Gasteiger partial charge in [-0.15, -0.1) is 58.0 Å². The molecule has 0 heterocycles. The number of ether oxygens (including phenoxy) is 10. The van der Waals surface area contributed by atoms with E-state index in [-0.39, 0.29) is 147 Å². The lowest BCUT2D eigenvalue weighted by Gasteiger charge is -2.60. The van der Waals surface area contributed by atoms with Crippen molar-refractivity contribution in [1.29, 1.82) is 0 Å². The molecule has 0 amide bonds. The van der Waals surface area contributed by atoms with Crippen LogP contribution in [0, 0.1) is 143 Å². The Labute approximate surface area is 899 Å². The zero-order valence-corrected chi connectivity index (χ0v) is 94.0. The third-order valence-corrected chi connectivity index (χ3v) is 44.9. The quantitative estimate of drug-likeness (QED) is 0.0245. The van der Waals surface area contributed by atoms with Crippen molar-refractivity contribution in [2.24, 2.45) is 143 Å². The molecule has 0 aromatic rings. The van der Waals surface area contributed by atoms with Gasteiger partial charge in [0.05, 0.1) is 0 Å². The molecule has 15 fully saturated rings. The van der Waals surface area contributed by atoms with Gasteiger partial charge >= 0.3 is 29.8 Å². The zero-order valence-electron chi connectivity index (χ0n) is 92.3. The van der Waals surface area contributed by atoms with E-state index < -0.39 is 173 Å². The number of hydrogen-bond acceptors (Lipinski definition) is 25. The molecule has 15 rings (SSSR count). The fourth-order valence-electron chi connectivity index (χ4n) is 34.0. The molecule has 10 bridgehead atoms. The van der Waals surface area contributed by atoms with Crippen molar-refractivity contribution in [1.82, 2.24) is 0 Å². The molecule has 32 heteroatoms. The van der Waals surface area contributed by atoms with Crippen LogP contribution in [0.4, 0.5) is 0 Å². The summed E-state index contributed by atoms with van der Waals surface area (Å²) in [4.78, 5) is 129. The fraction of sp³-hybridized carbons (Fsp3) is 0.739. The number of carbonyl (C=O) groups excluding carboxylic acids is 10. The van der Waals surface area contributed by atoms with Crippen molar-refractivity contribution < 1.29 is 135 Å². The van der Waals surface area contributed by atoms with Gasteiger partial charge < -0.3 is 83.9 Å². The first-order valence-electron chi connectivity index (χ1n) is 52.9. The second-order valence-corrected chi connectivity index (χ2v) is 48.4. The van der Waals surface area contributed by atoms with Crippen molar-refractivity contribution in [3.8, 4) is 0 Å². The lowest BCUT2D eigenvalue weighted by molar-refractivity contribution is -0.234. The summed E-state index contributed by atoms with van der Waals surface area (Å²) >= 11 is 28.7. The summed E-state index contributed by atoms with van der Waals surface area (Å²) in [5.41, 5.74) is 0.189. The summed E-state index contributed by atoms with van der Waals surface area (Å²) in [6.07, 6.45) is 14.3. The number of ketones is 5. The first kappa shape index (κ1) is 121. The van der Waals surface area contributed by atoms with E-state index in [4.69, 9.17) is 119 Å². The van der Waals surface area contributed by atoms with Crippen LogP contribution in [0.25, 0.3) is 0 Å². The molecule has 826 valence electrons. The summed E-state index contributed by atoms with van der Waals surface area (Å²) in [5.74, 6) is -6.44. The van der Waals surface area contributed by atoms with Crippen LogP contribution in [0.3, 0.4) is 0 Å². The Morgan fingerprint density at radius 1 is 0.299 bits per heavy atom. The number of rotatable bonds is 25. The maximum absolute atomic E-state index is 13.6. The van der Waals surface area contributed by atoms with Crippen molar-refractivity contribution in [3.05, 3.63) is 124 Å². The van der Waals surface area contributed by atoms with E-state index in [1.54, 1.807) is 30.4 Å². The SMILES string of the molecule is C=CC(=C)[C@@H]1C[C@@H](OC(=O)CCl)[C@]2(C)[C@H](C)CC[C@]3(C[C@H](OC)C(=O)[C@]32O)[C@H]1C.C=CC(=C)[C@@H]1C[C@@H](OC(=O)CCl)[C@]2(C)[C@H](C)CC[C@]3(C[C@H](OC)C(=O)[C@]32O)[C@H]1C.C=CC(=C)[C@@H]1C[C@@H](OC(=O)CCl)[C@]2(C)[C@H](C)CC[C@]3(C[C@H](OC)C(=O)[C@]32O)[C@H]1C.C=CC(=C)[C@@H]1C[C@@H](OC(=O)CCl)[C@]2(C)[C@H](C)CC[C@]3(C[C@H](OC)C(=O)[C@]32O)[C@H]1C.C=CC(=C)[C@@H]1C[C@@H](OC(=O)CCl)[C@]2(C)[C@H](C)CC[C@]3(C[C@H](OC)C(=O)[C@]32O)[C@H]1C.[2H]O.[2H]O. The van der Waals surface area contributed by atoms with E-state index in [0.717, 1.165) is 60.0 Å². The number of aliphatic hydroxyl groups is 5. The third kappa shape index (κ3) is 17.6. The number of Topliss-reactive ketones (excluding diaryl/α,β-unsaturated/α-hetero) is 5. The summed E-state index contributed by atoms with van der Waals surface area (Å²) in [5, 5.41) is 61.8. The van der Waals surface area contributed by atoms with Crippen LogP contribution in [0.5, 0.6) is 0 Å². The number of carbonyl (C=O) groups is 10. The van der Waals surface area contributed by atoms with Crippen LogP contribution in [-0.4, -0.2) is 249 Å². The van der Waals surface area contributed by atoms with E-state index in [1.807, 2.05) is 69.2 Å². The molecular formula is C115H169Cl5O27. The molecule has 15 saturated carbocycles. The lowest BCUT2D eigenvalue weighted by atomic mass is 9.46. The van der Waals surface area contributed by atoms with Gasteiger partial charge in [-0.05, 0) is 217 Å². The van der Waals surface area contributed by atoms with E-state index in [9.17, 15) is 73.5 Å². The van der Waals surface area contributed by atoms with Gasteiger partial charge in [-0.25, -0.2) is 0 Å². The molecule has 0 saturated heterocycles. The predicted molar refractivity (Wildman–Crippen MR) is 565 cm³/mol. The van der Waals surface area contributed by atoms with Gasteiger partial charge in [-0.2, -0.15) is 0 Å². The Balaban J connectivity index is 0.000000205. The topological polar surface area (TPSA) is 427 Å². The highest BCUT2D eigenvalue weighted by Crippen LogP contribution is 2.78.